The number of nitrogens with zero attached hydrogens (tertiary/aromatic N) is 1. The van der Waals surface area contributed by atoms with Crippen molar-refractivity contribution in [1.82, 2.24) is 5.32 Å². The van der Waals surface area contributed by atoms with Crippen LogP contribution in [0.15, 0.2) is 82.6 Å². The summed E-state index contributed by atoms with van der Waals surface area (Å²) in [6.45, 7) is 5.15. The van der Waals surface area contributed by atoms with Gasteiger partial charge >= 0.3 is 0 Å². The molecule has 0 aromatic heterocycles. The number of hydrogen-bond acceptors (Lipinski definition) is 5. The van der Waals surface area contributed by atoms with Crippen molar-refractivity contribution < 1.29 is 21.6 Å². The molecule has 0 saturated carbocycles. The van der Waals surface area contributed by atoms with E-state index in [2.05, 4.69) is 5.32 Å². The fraction of sp³-hybridized carbons (Fsp3) is 0.240. The number of nitrogens with one attached hydrogen (secondary N) is 1. The Bertz CT molecular complexity index is 1380. The second kappa shape index (κ2) is 9.99. The molecule has 0 bridgehead atoms. The summed E-state index contributed by atoms with van der Waals surface area (Å²) in [6.07, 6.45) is 1.13. The summed E-state index contributed by atoms with van der Waals surface area (Å²) in [7, 11) is -7.32. The van der Waals surface area contributed by atoms with Crippen LogP contribution in [0.25, 0.3) is 0 Å². The number of amides is 1. The minimum atomic E-state index is -4.00. The lowest BCUT2D eigenvalue weighted by atomic mass is 10.1. The lowest BCUT2D eigenvalue weighted by Gasteiger charge is -2.25. The third-order valence-corrected chi connectivity index (χ3v) is 8.50. The molecule has 0 aliphatic rings. The van der Waals surface area contributed by atoms with Crippen molar-refractivity contribution in [3.63, 3.8) is 0 Å². The van der Waals surface area contributed by atoms with Crippen LogP contribution in [0.3, 0.4) is 0 Å². The zero-order valence-electron chi connectivity index (χ0n) is 19.5. The zero-order valence-corrected chi connectivity index (χ0v) is 21.2. The first-order valence-electron chi connectivity index (χ1n) is 10.6. The molecule has 0 radical (unpaired) electrons. The number of carbonyl (C=O) groups excluding carboxylic acids is 1. The number of sulfone groups is 1. The molecule has 7 nitrogen and oxygen atoms in total. The van der Waals surface area contributed by atoms with E-state index in [1.807, 2.05) is 19.9 Å². The van der Waals surface area contributed by atoms with Crippen LogP contribution in [0.1, 0.15) is 29.7 Å². The summed E-state index contributed by atoms with van der Waals surface area (Å²) in [5.74, 6) is -0.488. The van der Waals surface area contributed by atoms with Crippen molar-refractivity contribution in [2.45, 2.75) is 36.6 Å². The highest BCUT2D eigenvalue weighted by atomic mass is 32.2. The first-order chi connectivity index (χ1) is 15.9. The molecule has 1 atom stereocenters. The minimum Gasteiger partial charge on any atom is -0.348 e. The maximum absolute atomic E-state index is 13.4. The van der Waals surface area contributed by atoms with E-state index in [-0.39, 0.29) is 9.79 Å². The van der Waals surface area contributed by atoms with Crippen LogP contribution in [0.4, 0.5) is 5.69 Å². The molecule has 1 N–H and O–H groups in total. The quantitative estimate of drug-likeness (QED) is 0.507. The van der Waals surface area contributed by atoms with E-state index in [1.165, 1.54) is 24.3 Å². The SMILES string of the molecule is Cc1ccc(N(CC(=O)NC(C)c2ccc(S(C)(=O)=O)cc2)S(=O)(=O)c2ccccc2)cc1C. The van der Waals surface area contributed by atoms with Gasteiger partial charge in [0, 0.05) is 6.26 Å². The van der Waals surface area contributed by atoms with Crippen molar-refractivity contribution in [3.8, 4) is 0 Å². The summed E-state index contributed by atoms with van der Waals surface area (Å²) < 4.78 is 51.3. The van der Waals surface area contributed by atoms with Gasteiger partial charge < -0.3 is 5.32 Å². The Morgan fingerprint density at radius 2 is 1.47 bits per heavy atom. The molecule has 1 amide bonds. The molecule has 9 heteroatoms. The lowest BCUT2D eigenvalue weighted by molar-refractivity contribution is -0.120. The highest BCUT2D eigenvalue weighted by Gasteiger charge is 2.28. The average molecular weight is 501 g/mol. The zero-order chi connectivity index (χ0) is 25.1. The number of hydrogen-bond donors (Lipinski definition) is 1. The van der Waals surface area contributed by atoms with Gasteiger partial charge in [-0.2, -0.15) is 0 Å². The smallest absolute Gasteiger partial charge is 0.264 e. The second-order valence-electron chi connectivity index (χ2n) is 8.22. The van der Waals surface area contributed by atoms with E-state index in [4.69, 9.17) is 0 Å². The van der Waals surface area contributed by atoms with Gasteiger partial charge in [0.05, 0.1) is 21.5 Å². The van der Waals surface area contributed by atoms with Gasteiger partial charge in [-0.25, -0.2) is 16.8 Å². The maximum Gasteiger partial charge on any atom is 0.264 e. The Labute approximate surface area is 201 Å². The van der Waals surface area contributed by atoms with E-state index in [0.717, 1.165) is 21.7 Å². The molecule has 0 fully saturated rings. The molecule has 0 saturated heterocycles. The van der Waals surface area contributed by atoms with Gasteiger partial charge in [0.2, 0.25) is 5.91 Å². The standard InChI is InChI=1S/C25H28N2O5S2/c1-18-10-13-22(16-19(18)2)27(34(31,32)24-8-6-5-7-9-24)17-25(28)26-20(3)21-11-14-23(15-12-21)33(4,29)30/h5-16,20H,17H2,1-4H3,(H,26,28). The largest absolute Gasteiger partial charge is 0.348 e. The van der Waals surface area contributed by atoms with Crippen LogP contribution in [0.5, 0.6) is 0 Å². The van der Waals surface area contributed by atoms with Gasteiger partial charge in [-0.15, -0.1) is 0 Å². The van der Waals surface area contributed by atoms with Gasteiger partial charge in [-0.05, 0) is 73.9 Å². The van der Waals surface area contributed by atoms with Gasteiger partial charge in [0.1, 0.15) is 6.54 Å². The number of carbonyl (C=O) groups is 1. The number of sulfonamides is 1. The molecule has 0 aliphatic heterocycles. The van der Waals surface area contributed by atoms with Crippen LogP contribution < -0.4 is 9.62 Å². The monoisotopic (exact) mass is 500 g/mol. The van der Waals surface area contributed by atoms with E-state index < -0.39 is 38.4 Å². The Kier molecular flexibility index (Phi) is 7.48. The van der Waals surface area contributed by atoms with Crippen LogP contribution in [-0.4, -0.2) is 35.5 Å². The van der Waals surface area contributed by atoms with Gasteiger partial charge in [0.15, 0.2) is 9.84 Å². The van der Waals surface area contributed by atoms with E-state index in [1.54, 1.807) is 49.4 Å². The number of anilines is 1. The predicted octanol–water partition coefficient (Wildman–Crippen LogP) is 3.78. The third kappa shape index (κ3) is 5.84. The highest BCUT2D eigenvalue weighted by molar-refractivity contribution is 7.93. The summed E-state index contributed by atoms with van der Waals surface area (Å²) in [5, 5.41) is 2.81. The van der Waals surface area contributed by atoms with Gasteiger partial charge in [-0.3, -0.25) is 9.10 Å². The molecule has 180 valence electrons. The third-order valence-electron chi connectivity index (χ3n) is 5.58. The van der Waals surface area contributed by atoms with Crippen LogP contribution in [0.2, 0.25) is 0 Å². The van der Waals surface area contributed by atoms with Crippen molar-refractivity contribution in [2.24, 2.45) is 0 Å². The Hall–Kier alpha value is -3.17. The van der Waals surface area contributed by atoms with E-state index >= 15 is 0 Å². The Morgan fingerprint density at radius 3 is 2.03 bits per heavy atom. The summed E-state index contributed by atoms with van der Waals surface area (Å²) >= 11 is 0. The van der Waals surface area contributed by atoms with Crippen LogP contribution in [0, 0.1) is 13.8 Å². The Morgan fingerprint density at radius 1 is 0.853 bits per heavy atom. The van der Waals surface area contributed by atoms with Crippen molar-refractivity contribution >= 4 is 31.5 Å². The van der Waals surface area contributed by atoms with Gasteiger partial charge in [0.25, 0.3) is 10.0 Å². The number of benzene rings is 3. The topological polar surface area (TPSA) is 101 Å². The molecule has 3 aromatic rings. The van der Waals surface area contributed by atoms with Crippen molar-refractivity contribution in [3.05, 3.63) is 89.5 Å². The van der Waals surface area contributed by atoms with Crippen molar-refractivity contribution in [1.29, 1.82) is 0 Å². The summed E-state index contributed by atoms with van der Waals surface area (Å²) in [4.78, 5) is 13.2. The molecule has 0 aliphatic carbocycles. The number of rotatable bonds is 8. The van der Waals surface area contributed by atoms with E-state index in [0.29, 0.717) is 11.3 Å². The summed E-state index contributed by atoms with van der Waals surface area (Å²) in [5.41, 5.74) is 3.01. The average Bonchev–Trinajstić information content (AvgIpc) is 2.79. The normalized spacial score (nSPS) is 12.7. The van der Waals surface area contributed by atoms with Crippen LogP contribution >= 0.6 is 0 Å². The highest BCUT2D eigenvalue weighted by Crippen LogP contribution is 2.26. The molecule has 3 rings (SSSR count). The van der Waals surface area contributed by atoms with Crippen molar-refractivity contribution in [2.75, 3.05) is 17.1 Å². The predicted molar refractivity (Wildman–Crippen MR) is 133 cm³/mol. The fourth-order valence-corrected chi connectivity index (χ4v) is 5.48. The first-order valence-corrected chi connectivity index (χ1v) is 14.0. The minimum absolute atomic E-state index is 0.0884. The van der Waals surface area contributed by atoms with E-state index in [9.17, 15) is 21.6 Å². The van der Waals surface area contributed by atoms with Crippen LogP contribution in [-0.2, 0) is 24.7 Å². The molecular formula is C25H28N2O5S2. The molecule has 1 unspecified atom stereocenters. The number of aryl methyl sites for hydroxylation is 2. The summed E-state index contributed by atoms with van der Waals surface area (Å²) in [6, 6.07) is 19.0. The fourth-order valence-electron chi connectivity index (χ4n) is 3.42. The molecule has 34 heavy (non-hydrogen) atoms. The molecule has 3 aromatic carbocycles. The second-order valence-corrected chi connectivity index (χ2v) is 12.1. The maximum atomic E-state index is 13.4. The van der Waals surface area contributed by atoms with Gasteiger partial charge in [-0.1, -0.05) is 36.4 Å². The molecular weight excluding hydrogens is 472 g/mol. The molecule has 0 heterocycles. The lowest BCUT2D eigenvalue weighted by Crippen LogP contribution is -2.41. The molecule has 0 spiro atoms. The Balaban J connectivity index is 1.87. The first kappa shape index (κ1) is 25.5.